The van der Waals surface area contributed by atoms with Crippen LogP contribution in [0.1, 0.15) is 104 Å². The van der Waals surface area contributed by atoms with Crippen LogP contribution in [0, 0.1) is 0 Å². The Morgan fingerprint density at radius 3 is 1.10 bits per heavy atom. The van der Waals surface area contributed by atoms with E-state index in [1.165, 1.54) is 64.2 Å². The van der Waals surface area contributed by atoms with E-state index in [0.29, 0.717) is 0 Å². The van der Waals surface area contributed by atoms with Gasteiger partial charge < -0.3 is 4.74 Å². The van der Waals surface area contributed by atoms with Crippen molar-refractivity contribution in [3.8, 4) is 0 Å². The van der Waals surface area contributed by atoms with E-state index in [1.807, 2.05) is 13.8 Å². The van der Waals surface area contributed by atoms with Crippen LogP contribution < -0.4 is 0 Å². The summed E-state index contributed by atoms with van der Waals surface area (Å²) < 4.78 is 6.12. The zero-order valence-electron chi connectivity index (χ0n) is 14.1. The van der Waals surface area contributed by atoms with Crippen LogP contribution in [0.2, 0.25) is 0 Å². The van der Waals surface area contributed by atoms with Crippen molar-refractivity contribution >= 4 is 0 Å². The second-order valence-corrected chi connectivity index (χ2v) is 7.28. The molecule has 0 aromatic carbocycles. The molecule has 0 aromatic rings. The molecule has 0 N–H and O–H groups in total. The number of hydrogen-bond acceptors (Lipinski definition) is 3. The minimum Gasteiger partial charge on any atom is -0.313 e. The molecule has 0 radical (unpaired) electrons. The summed E-state index contributed by atoms with van der Waals surface area (Å²) >= 11 is 0. The number of ether oxygens (including phenoxy) is 1. The lowest BCUT2D eigenvalue weighted by Crippen LogP contribution is -2.32. The lowest BCUT2D eigenvalue weighted by Gasteiger charge is -2.24. The summed E-state index contributed by atoms with van der Waals surface area (Å²) in [6, 6.07) is 0. The first kappa shape index (κ1) is 17.2. The van der Waals surface area contributed by atoms with Gasteiger partial charge in [0.1, 0.15) is 0 Å². The number of fused-ring (bicyclic) bond motifs is 2. The van der Waals surface area contributed by atoms with E-state index in [2.05, 4.69) is 0 Å². The van der Waals surface area contributed by atoms with Crippen LogP contribution in [-0.4, -0.2) is 11.6 Å². The molecule has 2 atom stereocenters. The highest BCUT2D eigenvalue weighted by Crippen LogP contribution is 2.39. The van der Waals surface area contributed by atoms with Crippen LogP contribution in [0.15, 0.2) is 0 Å². The average Bonchev–Trinajstić information content (AvgIpc) is 2.75. The average molecular weight is 298 g/mol. The van der Waals surface area contributed by atoms with E-state index in [0.717, 1.165) is 25.7 Å². The summed E-state index contributed by atoms with van der Waals surface area (Å²) in [5, 5.41) is 0. The molecule has 0 aliphatic carbocycles. The molecule has 0 spiro atoms. The number of hydrogen-bond donors (Lipinski definition) is 0. The molecule has 0 unspecified atom stereocenters. The van der Waals surface area contributed by atoms with Crippen LogP contribution in [0.5, 0.6) is 0 Å². The molecule has 0 aromatic heterocycles. The molecule has 2 rings (SSSR count). The highest BCUT2D eigenvalue weighted by atomic mass is 17.3. The SMILES string of the molecule is C[C@]12CCCCCCCCCCCCCC[C@](C)(OO1)O2. The minimum atomic E-state index is -0.539. The van der Waals surface area contributed by atoms with Crippen molar-refractivity contribution in [2.24, 2.45) is 0 Å². The van der Waals surface area contributed by atoms with Crippen LogP contribution in [0.4, 0.5) is 0 Å². The lowest BCUT2D eigenvalue weighted by molar-refractivity contribution is -0.346. The molecule has 0 saturated carbocycles. The maximum absolute atomic E-state index is 6.12. The Morgan fingerprint density at radius 1 is 0.476 bits per heavy atom. The normalized spacial score (nSPS) is 38.0. The third-order valence-electron chi connectivity index (χ3n) is 4.84. The van der Waals surface area contributed by atoms with Crippen molar-refractivity contribution in [1.29, 1.82) is 0 Å². The first-order chi connectivity index (χ1) is 10.1. The molecule has 2 fully saturated rings. The molecule has 2 aliphatic heterocycles. The zero-order valence-corrected chi connectivity index (χ0v) is 14.1. The zero-order chi connectivity index (χ0) is 15.0. The Balaban J connectivity index is 1.79. The van der Waals surface area contributed by atoms with Crippen molar-refractivity contribution < 1.29 is 14.5 Å². The Labute approximate surface area is 130 Å². The van der Waals surface area contributed by atoms with Crippen molar-refractivity contribution in [3.63, 3.8) is 0 Å². The third-order valence-corrected chi connectivity index (χ3v) is 4.84. The van der Waals surface area contributed by atoms with Gasteiger partial charge in [-0.1, -0.05) is 64.2 Å². The number of rotatable bonds is 0. The van der Waals surface area contributed by atoms with E-state index in [4.69, 9.17) is 14.5 Å². The molecule has 2 saturated heterocycles. The van der Waals surface area contributed by atoms with Gasteiger partial charge in [0.15, 0.2) is 0 Å². The summed E-state index contributed by atoms with van der Waals surface area (Å²) in [6.45, 7) is 4.04. The fourth-order valence-corrected chi connectivity index (χ4v) is 3.51. The molecule has 2 aliphatic rings. The van der Waals surface area contributed by atoms with Gasteiger partial charge in [0.25, 0.3) is 0 Å². The van der Waals surface area contributed by atoms with Gasteiger partial charge >= 0.3 is 0 Å². The second kappa shape index (κ2) is 8.50. The van der Waals surface area contributed by atoms with E-state index in [-0.39, 0.29) is 0 Å². The van der Waals surface area contributed by atoms with Crippen LogP contribution in [-0.2, 0) is 14.5 Å². The predicted octanol–water partition coefficient (Wildman–Crippen LogP) is 5.87. The van der Waals surface area contributed by atoms with Crippen LogP contribution in [0.3, 0.4) is 0 Å². The van der Waals surface area contributed by atoms with Crippen molar-refractivity contribution in [2.75, 3.05) is 0 Å². The van der Waals surface area contributed by atoms with Crippen LogP contribution in [0.25, 0.3) is 0 Å². The topological polar surface area (TPSA) is 27.7 Å². The first-order valence-electron chi connectivity index (χ1n) is 9.19. The van der Waals surface area contributed by atoms with Crippen LogP contribution >= 0.6 is 0 Å². The van der Waals surface area contributed by atoms with Gasteiger partial charge in [-0.15, -0.1) is 0 Å². The molecule has 2 heterocycles. The maximum Gasteiger partial charge on any atom is 0.202 e. The molecule has 2 bridgehead atoms. The van der Waals surface area contributed by atoms with Gasteiger partial charge in [0.05, 0.1) is 0 Å². The van der Waals surface area contributed by atoms with E-state index < -0.39 is 11.6 Å². The summed E-state index contributed by atoms with van der Waals surface area (Å²) in [5.41, 5.74) is 0. The highest BCUT2D eigenvalue weighted by Gasteiger charge is 2.46. The van der Waals surface area contributed by atoms with Gasteiger partial charge in [-0.05, 0) is 26.7 Å². The highest BCUT2D eigenvalue weighted by molar-refractivity contribution is 4.74. The van der Waals surface area contributed by atoms with Crippen molar-refractivity contribution in [2.45, 2.75) is 115 Å². The molecular weight excluding hydrogens is 264 g/mol. The lowest BCUT2D eigenvalue weighted by atomic mass is 10.0. The van der Waals surface area contributed by atoms with Gasteiger partial charge in [0, 0.05) is 12.8 Å². The Hall–Kier alpha value is -0.120. The van der Waals surface area contributed by atoms with Gasteiger partial charge in [-0.3, -0.25) is 0 Å². The molecule has 124 valence electrons. The minimum absolute atomic E-state index is 0.539. The summed E-state index contributed by atoms with van der Waals surface area (Å²) in [5.74, 6) is -1.08. The molecular formula is C18H34O3. The van der Waals surface area contributed by atoms with E-state index in [1.54, 1.807) is 0 Å². The maximum atomic E-state index is 6.12. The summed E-state index contributed by atoms with van der Waals surface area (Å²) in [7, 11) is 0. The molecule has 3 nitrogen and oxygen atoms in total. The standard InChI is InChI=1S/C18H34O3/c1-17-15-13-11-9-7-5-3-4-6-8-10-12-14-16-18(2,19-17)21-20-17/h3-16H2,1-2H3/t17-,18+. The second-order valence-electron chi connectivity index (χ2n) is 7.28. The van der Waals surface area contributed by atoms with Gasteiger partial charge in [-0.25, -0.2) is 0 Å². The Bertz CT molecular complexity index is 266. The monoisotopic (exact) mass is 298 g/mol. The Kier molecular flexibility index (Phi) is 6.97. The molecule has 3 heteroatoms. The quantitative estimate of drug-likeness (QED) is 0.523. The summed E-state index contributed by atoms with van der Waals surface area (Å²) in [4.78, 5) is 11.1. The van der Waals surface area contributed by atoms with Gasteiger partial charge in [-0.2, -0.15) is 9.78 Å². The van der Waals surface area contributed by atoms with Crippen molar-refractivity contribution in [3.05, 3.63) is 0 Å². The predicted molar refractivity (Wildman–Crippen MR) is 84.7 cm³/mol. The summed E-state index contributed by atoms with van der Waals surface area (Å²) in [6.07, 6.45) is 17.9. The smallest absolute Gasteiger partial charge is 0.202 e. The first-order valence-corrected chi connectivity index (χ1v) is 9.19. The Morgan fingerprint density at radius 2 is 0.762 bits per heavy atom. The van der Waals surface area contributed by atoms with E-state index >= 15 is 0 Å². The fraction of sp³-hybridized carbons (Fsp3) is 1.00. The van der Waals surface area contributed by atoms with Crippen molar-refractivity contribution in [1.82, 2.24) is 0 Å². The molecule has 21 heavy (non-hydrogen) atoms. The third kappa shape index (κ3) is 6.25. The van der Waals surface area contributed by atoms with Gasteiger partial charge in [0.2, 0.25) is 11.6 Å². The van der Waals surface area contributed by atoms with E-state index in [9.17, 15) is 0 Å². The molecule has 0 amide bonds. The fourth-order valence-electron chi connectivity index (χ4n) is 3.51. The largest absolute Gasteiger partial charge is 0.313 e.